The van der Waals surface area contributed by atoms with Crippen molar-refractivity contribution in [3.8, 4) is 0 Å². The topological polar surface area (TPSA) is 46.5 Å². The maximum atomic E-state index is 10.3. The number of ether oxygens (including phenoxy) is 1. The highest BCUT2D eigenvalue weighted by atomic mass is 16.7. The van der Waals surface area contributed by atoms with Crippen molar-refractivity contribution in [2.45, 2.75) is 19.4 Å². The summed E-state index contributed by atoms with van der Waals surface area (Å²) in [6, 6.07) is 0. The van der Waals surface area contributed by atoms with Crippen LogP contribution >= 0.6 is 0 Å². The molecule has 12 heavy (non-hydrogen) atoms. The van der Waals surface area contributed by atoms with Crippen LogP contribution in [0.5, 0.6) is 0 Å². The minimum absolute atomic E-state index is 0.0820. The highest BCUT2D eigenvalue weighted by Crippen LogP contribution is 2.27. The van der Waals surface area contributed by atoms with Crippen LogP contribution in [-0.2, 0) is 4.74 Å². The van der Waals surface area contributed by atoms with Crippen LogP contribution in [0.3, 0.4) is 0 Å². The molecule has 0 aromatic carbocycles. The molecule has 0 aromatic rings. The Kier molecular flexibility index (Phi) is 2.22. The van der Waals surface area contributed by atoms with E-state index in [9.17, 15) is 4.79 Å². The lowest BCUT2D eigenvalue weighted by molar-refractivity contribution is 0.00103. The van der Waals surface area contributed by atoms with E-state index in [1.807, 2.05) is 19.1 Å². The van der Waals surface area contributed by atoms with Crippen LogP contribution in [0.25, 0.3) is 0 Å². The highest BCUT2D eigenvalue weighted by molar-refractivity contribution is 5.58. The van der Waals surface area contributed by atoms with Gasteiger partial charge in [0.1, 0.15) is 5.60 Å². The molecule has 0 bridgehead atoms. The van der Waals surface area contributed by atoms with Crippen molar-refractivity contribution in [3.63, 3.8) is 0 Å². The van der Waals surface area contributed by atoms with Crippen molar-refractivity contribution >= 4 is 6.16 Å². The first-order valence-electron chi connectivity index (χ1n) is 3.82. The van der Waals surface area contributed by atoms with Crippen LogP contribution in [0.2, 0.25) is 0 Å². The fourth-order valence-electron chi connectivity index (χ4n) is 1.14. The molecule has 0 fully saturated rings. The van der Waals surface area contributed by atoms with E-state index in [1.165, 1.54) is 0 Å². The average molecular weight is 168 g/mol. The van der Waals surface area contributed by atoms with Crippen LogP contribution in [0.15, 0.2) is 24.3 Å². The van der Waals surface area contributed by atoms with E-state index in [-0.39, 0.29) is 5.92 Å². The summed E-state index contributed by atoms with van der Waals surface area (Å²) in [6.45, 7) is 3.68. The fraction of sp³-hybridized carbons (Fsp3) is 0.444. The lowest BCUT2D eigenvalue weighted by Crippen LogP contribution is -2.36. The molecule has 1 N–H and O–H groups in total. The SMILES string of the molecule is CC1C=CC=CC1(C)OC(=O)O. The predicted octanol–water partition coefficient (Wildman–Crippen LogP) is 2.20. The Morgan fingerprint density at radius 2 is 2.25 bits per heavy atom. The van der Waals surface area contributed by atoms with Crippen molar-refractivity contribution < 1.29 is 14.6 Å². The molecule has 2 unspecified atom stereocenters. The van der Waals surface area contributed by atoms with Crippen molar-refractivity contribution in [2.75, 3.05) is 0 Å². The number of hydrogen-bond acceptors (Lipinski definition) is 2. The largest absolute Gasteiger partial charge is 0.506 e. The minimum atomic E-state index is -1.23. The Morgan fingerprint density at radius 3 is 2.75 bits per heavy atom. The Balaban J connectivity index is 2.76. The molecule has 3 nitrogen and oxygen atoms in total. The van der Waals surface area contributed by atoms with Gasteiger partial charge in [0, 0.05) is 5.92 Å². The summed E-state index contributed by atoms with van der Waals surface area (Å²) in [5.74, 6) is 0.0820. The molecule has 2 atom stereocenters. The second-order valence-electron chi connectivity index (χ2n) is 3.08. The second-order valence-corrected chi connectivity index (χ2v) is 3.08. The van der Waals surface area contributed by atoms with Gasteiger partial charge in [-0.3, -0.25) is 0 Å². The molecular weight excluding hydrogens is 156 g/mol. The first-order chi connectivity index (χ1) is 5.54. The van der Waals surface area contributed by atoms with Gasteiger partial charge in [-0.15, -0.1) is 0 Å². The molecule has 0 amide bonds. The molecule has 3 heteroatoms. The molecule has 0 aliphatic heterocycles. The van der Waals surface area contributed by atoms with Gasteiger partial charge in [0.2, 0.25) is 0 Å². The van der Waals surface area contributed by atoms with Gasteiger partial charge in [-0.1, -0.05) is 25.2 Å². The van der Waals surface area contributed by atoms with Gasteiger partial charge < -0.3 is 9.84 Å². The number of rotatable bonds is 1. The summed E-state index contributed by atoms with van der Waals surface area (Å²) in [6.07, 6.45) is 6.12. The second kappa shape index (κ2) is 3.01. The third-order valence-corrected chi connectivity index (χ3v) is 2.15. The average Bonchev–Trinajstić information content (AvgIpc) is 1.94. The van der Waals surface area contributed by atoms with Gasteiger partial charge in [0.25, 0.3) is 0 Å². The zero-order valence-electron chi connectivity index (χ0n) is 7.15. The number of allylic oxidation sites excluding steroid dienone is 2. The maximum Gasteiger partial charge on any atom is 0.506 e. The first-order valence-corrected chi connectivity index (χ1v) is 3.82. The normalized spacial score (nSPS) is 33.3. The highest BCUT2D eigenvalue weighted by Gasteiger charge is 2.32. The molecule has 0 heterocycles. The Labute approximate surface area is 71.3 Å². The van der Waals surface area contributed by atoms with Crippen molar-refractivity contribution in [1.29, 1.82) is 0 Å². The van der Waals surface area contributed by atoms with Crippen LogP contribution < -0.4 is 0 Å². The Hall–Kier alpha value is -1.25. The summed E-state index contributed by atoms with van der Waals surface area (Å²) in [4.78, 5) is 10.3. The maximum absolute atomic E-state index is 10.3. The molecule has 0 radical (unpaired) electrons. The summed E-state index contributed by atoms with van der Waals surface area (Å²) >= 11 is 0. The number of hydrogen-bond donors (Lipinski definition) is 1. The molecule has 0 aromatic heterocycles. The van der Waals surface area contributed by atoms with Crippen LogP contribution in [0.1, 0.15) is 13.8 Å². The van der Waals surface area contributed by atoms with Gasteiger partial charge in [0.05, 0.1) is 0 Å². The van der Waals surface area contributed by atoms with Gasteiger partial charge in [-0.05, 0) is 13.0 Å². The zero-order chi connectivity index (χ0) is 9.19. The minimum Gasteiger partial charge on any atom is -0.450 e. The van der Waals surface area contributed by atoms with Crippen molar-refractivity contribution in [1.82, 2.24) is 0 Å². The fourth-order valence-corrected chi connectivity index (χ4v) is 1.14. The third-order valence-electron chi connectivity index (χ3n) is 2.15. The molecule has 1 aliphatic carbocycles. The van der Waals surface area contributed by atoms with Crippen LogP contribution in [-0.4, -0.2) is 16.9 Å². The van der Waals surface area contributed by atoms with E-state index in [0.29, 0.717) is 0 Å². The van der Waals surface area contributed by atoms with E-state index < -0.39 is 11.8 Å². The standard InChI is InChI=1S/C9H12O3/c1-7-5-3-4-6-9(7,2)12-8(10)11/h3-7H,1-2H3,(H,10,11). The van der Waals surface area contributed by atoms with E-state index in [2.05, 4.69) is 0 Å². The summed E-state index contributed by atoms with van der Waals surface area (Å²) < 4.78 is 4.77. The van der Waals surface area contributed by atoms with Crippen molar-refractivity contribution in [2.24, 2.45) is 5.92 Å². The van der Waals surface area contributed by atoms with E-state index >= 15 is 0 Å². The van der Waals surface area contributed by atoms with E-state index in [4.69, 9.17) is 9.84 Å². The zero-order valence-corrected chi connectivity index (χ0v) is 7.15. The summed E-state index contributed by atoms with van der Waals surface area (Å²) in [7, 11) is 0. The summed E-state index contributed by atoms with van der Waals surface area (Å²) in [5.41, 5.74) is -0.708. The Morgan fingerprint density at radius 1 is 1.58 bits per heavy atom. The Bertz CT molecular complexity index is 242. The lowest BCUT2D eigenvalue weighted by atomic mass is 9.87. The van der Waals surface area contributed by atoms with Gasteiger partial charge in [0.15, 0.2) is 0 Å². The molecule has 0 spiro atoms. The lowest BCUT2D eigenvalue weighted by Gasteiger charge is -2.30. The van der Waals surface area contributed by atoms with Crippen molar-refractivity contribution in [3.05, 3.63) is 24.3 Å². The summed E-state index contributed by atoms with van der Waals surface area (Å²) in [5, 5.41) is 8.47. The number of carboxylic acid groups (broad SMARTS) is 1. The smallest absolute Gasteiger partial charge is 0.450 e. The monoisotopic (exact) mass is 168 g/mol. The quantitative estimate of drug-likeness (QED) is 0.610. The first kappa shape index (κ1) is 8.84. The van der Waals surface area contributed by atoms with Crippen LogP contribution in [0.4, 0.5) is 4.79 Å². The third kappa shape index (κ3) is 1.67. The molecule has 1 aliphatic rings. The van der Waals surface area contributed by atoms with E-state index in [1.54, 1.807) is 19.1 Å². The van der Waals surface area contributed by atoms with Gasteiger partial charge >= 0.3 is 6.16 Å². The van der Waals surface area contributed by atoms with Gasteiger partial charge in [-0.2, -0.15) is 0 Å². The molecule has 66 valence electrons. The predicted molar refractivity (Wildman–Crippen MR) is 45.0 cm³/mol. The van der Waals surface area contributed by atoms with E-state index in [0.717, 1.165) is 0 Å². The molecule has 0 saturated carbocycles. The molecule has 0 saturated heterocycles. The van der Waals surface area contributed by atoms with Gasteiger partial charge in [-0.25, -0.2) is 4.79 Å². The molecule has 1 rings (SSSR count). The van der Waals surface area contributed by atoms with Crippen LogP contribution in [0, 0.1) is 5.92 Å². The number of carbonyl (C=O) groups is 1. The molecular formula is C9H12O3.